The van der Waals surface area contributed by atoms with Gasteiger partial charge in [-0.05, 0) is 72.6 Å². The van der Waals surface area contributed by atoms with Gasteiger partial charge in [0.25, 0.3) is 5.91 Å². The topological polar surface area (TPSA) is 133 Å². The number of nitrogens with zero attached hydrogens (tertiary/aromatic N) is 6. The van der Waals surface area contributed by atoms with E-state index in [0.29, 0.717) is 45.0 Å². The van der Waals surface area contributed by atoms with Crippen LogP contribution in [-0.2, 0) is 4.74 Å². The number of amides is 2. The number of halogens is 3. The van der Waals surface area contributed by atoms with Gasteiger partial charge in [0.2, 0.25) is 0 Å². The molecule has 0 unspecified atom stereocenters. The summed E-state index contributed by atoms with van der Waals surface area (Å²) in [7, 11) is 0. The van der Waals surface area contributed by atoms with Crippen LogP contribution < -0.4 is 11.1 Å². The number of guanidine groups is 1. The molecule has 49 heavy (non-hydrogen) atoms. The number of hydrogen-bond donors (Lipinski definition) is 2. The molecule has 0 saturated heterocycles. The van der Waals surface area contributed by atoms with Crippen LogP contribution in [0.1, 0.15) is 81.9 Å². The third-order valence-electron chi connectivity index (χ3n) is 8.56. The Balaban J connectivity index is 1.53. The Morgan fingerprint density at radius 3 is 2.47 bits per heavy atom. The largest absolute Gasteiger partial charge is 0.447 e. The number of benzene rings is 2. The summed E-state index contributed by atoms with van der Waals surface area (Å²) >= 11 is 6.58. The van der Waals surface area contributed by atoms with E-state index < -0.39 is 24.6 Å². The van der Waals surface area contributed by atoms with Crippen LogP contribution in [-0.4, -0.2) is 61.1 Å². The smallest absolute Gasteiger partial charge is 0.407 e. The zero-order chi connectivity index (χ0) is 35.3. The van der Waals surface area contributed by atoms with Crippen molar-refractivity contribution in [3.8, 4) is 16.8 Å². The standard InChI is InChI=1S/C35H41ClF2N8O3/c1-5-35(13-14-35)43-33(48)49-22-29(25-11-12-27(36)28(19-25)44-18-6-16-41-44)46(32(39)40-17-15-34(2,3)4)30(47)24-9-7-23(8-10-24)26-20-42-45(21-26)31(37)38/h6-12,16,18-21,29,31H,5,13-15,17,22H2,1-4H3,(H2,39,40)(H,43,48)/t29-/m1/s1. The van der Waals surface area contributed by atoms with Gasteiger partial charge >= 0.3 is 12.6 Å². The van der Waals surface area contributed by atoms with Crippen LogP contribution in [0.3, 0.4) is 0 Å². The molecular weight excluding hydrogens is 654 g/mol. The monoisotopic (exact) mass is 694 g/mol. The summed E-state index contributed by atoms with van der Waals surface area (Å²) in [6.07, 6.45) is 8.51. The van der Waals surface area contributed by atoms with Crippen molar-refractivity contribution in [1.29, 1.82) is 0 Å². The lowest BCUT2D eigenvalue weighted by molar-refractivity contribution is 0.0566. The van der Waals surface area contributed by atoms with Crippen molar-refractivity contribution in [2.24, 2.45) is 16.1 Å². The number of aliphatic imine (C=N–C) groups is 1. The van der Waals surface area contributed by atoms with Gasteiger partial charge < -0.3 is 15.8 Å². The molecule has 1 fully saturated rings. The Morgan fingerprint density at radius 2 is 1.88 bits per heavy atom. The van der Waals surface area contributed by atoms with Crippen LogP contribution in [0, 0.1) is 5.41 Å². The number of carbonyl (C=O) groups excluding carboxylic acids is 2. The molecule has 0 spiro atoms. The summed E-state index contributed by atoms with van der Waals surface area (Å²) < 4.78 is 34.2. The minimum absolute atomic E-state index is 0.0416. The van der Waals surface area contributed by atoms with Gasteiger partial charge in [0.05, 0.1) is 22.9 Å². The van der Waals surface area contributed by atoms with E-state index in [1.165, 1.54) is 17.3 Å². The number of ether oxygens (including phenoxy) is 1. The molecule has 0 aliphatic heterocycles. The summed E-state index contributed by atoms with van der Waals surface area (Å²) in [6, 6.07) is 12.5. The van der Waals surface area contributed by atoms with Crippen LogP contribution in [0.25, 0.3) is 16.8 Å². The van der Waals surface area contributed by atoms with Gasteiger partial charge in [-0.15, -0.1) is 0 Å². The van der Waals surface area contributed by atoms with E-state index >= 15 is 0 Å². The lowest BCUT2D eigenvalue weighted by Crippen LogP contribution is -2.47. The highest BCUT2D eigenvalue weighted by Crippen LogP contribution is 2.38. The van der Waals surface area contributed by atoms with Gasteiger partial charge in [-0.1, -0.05) is 57.5 Å². The molecule has 11 nitrogen and oxygen atoms in total. The third kappa shape index (κ3) is 8.83. The van der Waals surface area contributed by atoms with Crippen LogP contribution in [0.4, 0.5) is 13.6 Å². The van der Waals surface area contributed by atoms with Crippen LogP contribution in [0.5, 0.6) is 0 Å². The Bertz CT molecular complexity index is 1780. The molecule has 2 amide bonds. The Kier molecular flexibility index (Phi) is 10.7. The molecular formula is C35H41ClF2N8O3. The van der Waals surface area contributed by atoms with Crippen LogP contribution >= 0.6 is 11.6 Å². The van der Waals surface area contributed by atoms with Crippen LogP contribution in [0.15, 0.2) is 78.3 Å². The van der Waals surface area contributed by atoms with E-state index in [1.807, 2.05) is 6.92 Å². The number of rotatable bonds is 12. The van der Waals surface area contributed by atoms with Crippen molar-refractivity contribution < 1.29 is 23.1 Å². The Hall–Kier alpha value is -4.78. The molecule has 1 saturated carbocycles. The second kappa shape index (κ2) is 14.8. The average molecular weight is 695 g/mol. The first-order chi connectivity index (χ1) is 23.3. The molecule has 0 bridgehead atoms. The lowest BCUT2D eigenvalue weighted by atomic mass is 9.92. The molecule has 2 aromatic heterocycles. The molecule has 1 aliphatic carbocycles. The van der Waals surface area contributed by atoms with E-state index in [2.05, 4.69) is 41.3 Å². The molecule has 260 valence electrons. The molecule has 0 radical (unpaired) electrons. The predicted octanol–water partition coefficient (Wildman–Crippen LogP) is 7.39. The van der Waals surface area contributed by atoms with E-state index in [0.717, 1.165) is 19.3 Å². The van der Waals surface area contributed by atoms with Crippen LogP contribution in [0.2, 0.25) is 5.02 Å². The molecule has 1 aliphatic rings. The summed E-state index contributed by atoms with van der Waals surface area (Å²) in [6.45, 7) is 5.57. The molecule has 2 heterocycles. The number of nitrogens with two attached hydrogens (primary N) is 1. The van der Waals surface area contributed by atoms with Crippen molar-refractivity contribution in [3.63, 3.8) is 0 Å². The summed E-state index contributed by atoms with van der Waals surface area (Å²) in [4.78, 5) is 33.4. The molecule has 5 rings (SSSR count). The fourth-order valence-electron chi connectivity index (χ4n) is 5.29. The number of carbonyl (C=O) groups is 2. The first-order valence-electron chi connectivity index (χ1n) is 16.1. The maximum Gasteiger partial charge on any atom is 0.407 e. The summed E-state index contributed by atoms with van der Waals surface area (Å²) in [5.74, 6) is -0.572. The highest BCUT2D eigenvalue weighted by atomic mass is 35.5. The minimum Gasteiger partial charge on any atom is -0.447 e. The first-order valence-corrected chi connectivity index (χ1v) is 16.5. The second-order valence-corrected chi connectivity index (χ2v) is 13.7. The SMILES string of the molecule is CCC1(NC(=O)OC[C@H](c2ccc(Cl)c(-n3cccn3)c2)N(C(=O)c2ccc(-c3cnn(C(F)F)c3)cc2)C(N)=NCCC(C)(C)C)CC1. The molecule has 1 atom stereocenters. The van der Waals surface area contributed by atoms with Gasteiger partial charge in [0.15, 0.2) is 5.96 Å². The quantitative estimate of drug-likeness (QED) is 0.117. The Labute approximate surface area is 289 Å². The number of nitrogens with one attached hydrogen (secondary N) is 1. The zero-order valence-electron chi connectivity index (χ0n) is 27.9. The van der Waals surface area contributed by atoms with Crippen molar-refractivity contribution in [1.82, 2.24) is 29.8 Å². The zero-order valence-corrected chi connectivity index (χ0v) is 28.7. The molecule has 14 heteroatoms. The van der Waals surface area contributed by atoms with E-state index in [9.17, 15) is 18.4 Å². The number of alkyl carbamates (subject to hydrolysis) is 1. The molecule has 2 aromatic carbocycles. The van der Waals surface area contributed by atoms with Gasteiger partial charge in [0, 0.05) is 41.8 Å². The third-order valence-corrected chi connectivity index (χ3v) is 8.88. The van der Waals surface area contributed by atoms with Crippen molar-refractivity contribution in [2.75, 3.05) is 13.2 Å². The fourth-order valence-corrected chi connectivity index (χ4v) is 5.50. The van der Waals surface area contributed by atoms with Crippen molar-refractivity contribution >= 4 is 29.6 Å². The summed E-state index contributed by atoms with van der Waals surface area (Å²) in [5.41, 5.74) is 8.74. The average Bonchev–Trinajstić information content (AvgIpc) is 3.41. The van der Waals surface area contributed by atoms with Crippen molar-refractivity contribution in [3.05, 3.63) is 89.5 Å². The normalized spacial score (nSPS) is 14.8. The second-order valence-electron chi connectivity index (χ2n) is 13.3. The highest BCUT2D eigenvalue weighted by Gasteiger charge is 2.43. The fraction of sp³-hybridized carbons (Fsp3) is 0.400. The molecule has 4 aromatic rings. The summed E-state index contributed by atoms with van der Waals surface area (Å²) in [5, 5.41) is 11.4. The number of aromatic nitrogens is 4. The van der Waals surface area contributed by atoms with Crippen molar-refractivity contribution in [2.45, 2.75) is 71.5 Å². The van der Waals surface area contributed by atoms with E-state index in [1.54, 1.807) is 65.6 Å². The maximum atomic E-state index is 14.5. The van der Waals surface area contributed by atoms with Gasteiger partial charge in [-0.3, -0.25) is 14.7 Å². The molecule has 3 N–H and O–H groups in total. The first kappa shape index (κ1) is 35.5. The Morgan fingerprint density at radius 1 is 1.14 bits per heavy atom. The predicted molar refractivity (Wildman–Crippen MR) is 184 cm³/mol. The minimum atomic E-state index is -2.77. The van der Waals surface area contributed by atoms with Gasteiger partial charge in [-0.2, -0.15) is 19.0 Å². The maximum absolute atomic E-state index is 14.5. The van der Waals surface area contributed by atoms with Gasteiger partial charge in [0.1, 0.15) is 6.61 Å². The van der Waals surface area contributed by atoms with E-state index in [-0.39, 0.29) is 29.1 Å². The lowest BCUT2D eigenvalue weighted by Gasteiger charge is -2.32. The number of alkyl halides is 2. The highest BCUT2D eigenvalue weighted by molar-refractivity contribution is 6.32. The van der Waals surface area contributed by atoms with Gasteiger partial charge in [-0.25, -0.2) is 14.2 Å². The number of hydrogen-bond acceptors (Lipinski definition) is 6. The van der Waals surface area contributed by atoms with E-state index in [4.69, 9.17) is 22.1 Å².